The summed E-state index contributed by atoms with van der Waals surface area (Å²) in [5.41, 5.74) is 0.700. The third-order valence-electron chi connectivity index (χ3n) is 3.68. The Morgan fingerprint density at radius 3 is 2.46 bits per heavy atom. The molecule has 0 radical (unpaired) electrons. The third-order valence-corrected chi connectivity index (χ3v) is 3.68. The summed E-state index contributed by atoms with van der Waals surface area (Å²) in [6.45, 7) is 0. The Bertz CT molecular complexity index is 972. The smallest absolute Gasteiger partial charge is 0.383 e. The molecule has 0 saturated heterocycles. The van der Waals surface area contributed by atoms with Gasteiger partial charge in [0.1, 0.15) is 5.69 Å². The summed E-state index contributed by atoms with van der Waals surface area (Å²) >= 11 is 0. The Balaban J connectivity index is 2.13. The molecule has 134 valence electrons. The van der Waals surface area contributed by atoms with Crippen LogP contribution in [-0.4, -0.2) is 39.6 Å². The zero-order chi connectivity index (χ0) is 18.9. The van der Waals surface area contributed by atoms with E-state index in [4.69, 9.17) is 0 Å². The average molecular weight is 360 g/mol. The van der Waals surface area contributed by atoms with E-state index in [0.717, 1.165) is 12.1 Å². The minimum atomic E-state index is -4.42. The Morgan fingerprint density at radius 1 is 1.15 bits per heavy atom. The van der Waals surface area contributed by atoms with E-state index in [1.165, 1.54) is 29.0 Å². The van der Waals surface area contributed by atoms with Gasteiger partial charge in [-0.05, 0) is 24.3 Å². The number of carbonyl (C=O) groups excluding carboxylic acids is 1. The van der Waals surface area contributed by atoms with E-state index in [1.807, 2.05) is 0 Å². The van der Waals surface area contributed by atoms with Crippen LogP contribution in [0, 0.1) is 0 Å². The Hall–Kier alpha value is -3.16. The van der Waals surface area contributed by atoms with Crippen molar-refractivity contribution in [2.45, 2.75) is 6.18 Å². The summed E-state index contributed by atoms with van der Waals surface area (Å²) in [5, 5.41) is 8.34. The van der Waals surface area contributed by atoms with Gasteiger partial charge in [0.15, 0.2) is 5.78 Å². The van der Waals surface area contributed by atoms with Crippen molar-refractivity contribution in [3.05, 3.63) is 66.0 Å². The molecule has 0 unspecified atom stereocenters. The molecule has 3 aromatic rings. The van der Waals surface area contributed by atoms with Gasteiger partial charge in [-0.15, -0.1) is 5.10 Å². The van der Waals surface area contributed by atoms with Gasteiger partial charge < -0.3 is 4.90 Å². The Labute approximate surface area is 147 Å². The quantitative estimate of drug-likeness (QED) is 0.526. The van der Waals surface area contributed by atoms with Crippen LogP contribution in [0.1, 0.15) is 15.9 Å². The molecular formula is C18H15F3N4O. The van der Waals surface area contributed by atoms with Gasteiger partial charge in [-0.1, -0.05) is 12.1 Å². The van der Waals surface area contributed by atoms with Gasteiger partial charge in [-0.2, -0.15) is 22.9 Å². The predicted molar refractivity (Wildman–Crippen MR) is 90.6 cm³/mol. The monoisotopic (exact) mass is 360 g/mol. The summed E-state index contributed by atoms with van der Waals surface area (Å²) in [4.78, 5) is 14.4. The normalized spacial score (nSPS) is 12.0. The highest BCUT2D eigenvalue weighted by Crippen LogP contribution is 2.32. The molecule has 8 heteroatoms. The van der Waals surface area contributed by atoms with E-state index >= 15 is 0 Å². The first-order chi connectivity index (χ1) is 12.3. The molecule has 0 bridgehead atoms. The Kier molecular flexibility index (Phi) is 4.50. The summed E-state index contributed by atoms with van der Waals surface area (Å²) in [7, 11) is 3.55. The lowest BCUT2D eigenvalue weighted by Gasteiger charge is -2.07. The molecule has 5 nitrogen and oxygen atoms in total. The van der Waals surface area contributed by atoms with Crippen LogP contribution in [-0.2, 0) is 6.18 Å². The summed E-state index contributed by atoms with van der Waals surface area (Å²) in [5.74, 6) is -0.309. The molecule has 0 aliphatic rings. The lowest BCUT2D eigenvalue weighted by molar-refractivity contribution is -0.137. The number of fused-ring (bicyclic) bond motifs is 1. The predicted octanol–water partition coefficient (Wildman–Crippen LogP) is 3.67. The van der Waals surface area contributed by atoms with Crippen molar-refractivity contribution < 1.29 is 18.0 Å². The first-order valence-corrected chi connectivity index (χ1v) is 7.68. The summed E-state index contributed by atoms with van der Waals surface area (Å²) < 4.78 is 39.6. The maximum absolute atomic E-state index is 12.8. The molecule has 0 atom stereocenters. The van der Waals surface area contributed by atoms with E-state index in [0.29, 0.717) is 11.1 Å². The number of alkyl halides is 3. The standard InChI is InChI=1S/C18H15F3N4O/c1-24(2)11-9-15(26)16-14-4-3-10-22-25(14)23-17(16)12-5-7-13(8-6-12)18(19,20)21/h3-11H,1-2H3. The molecule has 0 saturated carbocycles. The van der Waals surface area contributed by atoms with Gasteiger partial charge in [0.05, 0.1) is 16.6 Å². The van der Waals surface area contributed by atoms with Gasteiger partial charge in [0.25, 0.3) is 0 Å². The van der Waals surface area contributed by atoms with Crippen molar-refractivity contribution in [3.8, 4) is 11.3 Å². The van der Waals surface area contributed by atoms with Gasteiger partial charge in [0, 0.05) is 38.1 Å². The van der Waals surface area contributed by atoms with Crippen LogP contribution in [0.2, 0.25) is 0 Å². The van der Waals surface area contributed by atoms with Crippen molar-refractivity contribution >= 4 is 11.3 Å². The summed E-state index contributed by atoms with van der Waals surface area (Å²) in [6.07, 6.45) is 0.0723. The van der Waals surface area contributed by atoms with Crippen LogP contribution in [0.25, 0.3) is 16.8 Å². The van der Waals surface area contributed by atoms with E-state index in [9.17, 15) is 18.0 Å². The largest absolute Gasteiger partial charge is 0.416 e. The fourth-order valence-corrected chi connectivity index (χ4v) is 2.46. The minimum absolute atomic E-state index is 0.283. The van der Waals surface area contributed by atoms with Gasteiger partial charge in [0.2, 0.25) is 0 Å². The van der Waals surface area contributed by atoms with Crippen LogP contribution >= 0.6 is 0 Å². The number of hydrogen-bond acceptors (Lipinski definition) is 4. The molecule has 0 aliphatic carbocycles. The topological polar surface area (TPSA) is 50.5 Å². The number of nitrogens with zero attached hydrogens (tertiary/aromatic N) is 4. The molecule has 0 aliphatic heterocycles. The van der Waals surface area contributed by atoms with E-state index in [-0.39, 0.29) is 17.0 Å². The lowest BCUT2D eigenvalue weighted by Crippen LogP contribution is -2.05. The second kappa shape index (κ2) is 6.62. The maximum Gasteiger partial charge on any atom is 0.416 e. The Morgan fingerprint density at radius 2 is 1.85 bits per heavy atom. The molecule has 0 spiro atoms. The number of carbonyl (C=O) groups is 1. The molecule has 2 heterocycles. The van der Waals surface area contributed by atoms with E-state index < -0.39 is 11.7 Å². The van der Waals surface area contributed by atoms with Crippen molar-refractivity contribution in [1.82, 2.24) is 19.7 Å². The van der Waals surface area contributed by atoms with Crippen LogP contribution in [0.5, 0.6) is 0 Å². The lowest BCUT2D eigenvalue weighted by atomic mass is 10.0. The zero-order valence-corrected chi connectivity index (χ0v) is 14.0. The first kappa shape index (κ1) is 17.7. The van der Waals surface area contributed by atoms with Crippen molar-refractivity contribution in [2.24, 2.45) is 0 Å². The molecule has 3 rings (SSSR count). The molecular weight excluding hydrogens is 345 g/mol. The highest BCUT2D eigenvalue weighted by atomic mass is 19.4. The number of halogens is 3. The van der Waals surface area contributed by atoms with Gasteiger partial charge >= 0.3 is 6.18 Å². The fraction of sp³-hybridized carbons (Fsp3) is 0.167. The first-order valence-electron chi connectivity index (χ1n) is 7.68. The van der Waals surface area contributed by atoms with Crippen molar-refractivity contribution in [1.29, 1.82) is 0 Å². The minimum Gasteiger partial charge on any atom is -0.383 e. The second-order valence-electron chi connectivity index (χ2n) is 5.84. The van der Waals surface area contributed by atoms with Crippen LogP contribution in [0.15, 0.2) is 54.9 Å². The SMILES string of the molecule is CN(C)C=CC(=O)c1c(-c2ccc(C(F)(F)F)cc2)nn2ncccc12. The van der Waals surface area contributed by atoms with Crippen LogP contribution in [0.4, 0.5) is 13.2 Å². The number of allylic oxidation sites excluding steroid dienone is 1. The van der Waals surface area contributed by atoms with Crippen LogP contribution in [0.3, 0.4) is 0 Å². The maximum atomic E-state index is 12.8. The molecule has 26 heavy (non-hydrogen) atoms. The average Bonchev–Trinajstić information content (AvgIpc) is 2.98. The van der Waals surface area contributed by atoms with Crippen molar-refractivity contribution in [2.75, 3.05) is 14.1 Å². The zero-order valence-electron chi connectivity index (χ0n) is 14.0. The molecule has 0 N–H and O–H groups in total. The van der Waals surface area contributed by atoms with Gasteiger partial charge in [-0.25, -0.2) is 0 Å². The van der Waals surface area contributed by atoms with E-state index in [1.54, 1.807) is 37.3 Å². The van der Waals surface area contributed by atoms with E-state index in [2.05, 4.69) is 10.2 Å². The molecule has 2 aromatic heterocycles. The number of aromatic nitrogens is 3. The summed E-state index contributed by atoms with van der Waals surface area (Å²) in [6, 6.07) is 7.89. The molecule has 0 amide bonds. The second-order valence-corrected chi connectivity index (χ2v) is 5.84. The highest BCUT2D eigenvalue weighted by Gasteiger charge is 2.30. The third kappa shape index (κ3) is 3.44. The number of ketones is 1. The highest BCUT2D eigenvalue weighted by molar-refractivity contribution is 6.13. The molecule has 0 fully saturated rings. The van der Waals surface area contributed by atoms with Crippen molar-refractivity contribution in [3.63, 3.8) is 0 Å². The fourth-order valence-electron chi connectivity index (χ4n) is 2.46. The number of hydrogen-bond donors (Lipinski definition) is 0. The van der Waals surface area contributed by atoms with Crippen LogP contribution < -0.4 is 0 Å². The molecule has 1 aromatic carbocycles. The number of benzene rings is 1. The van der Waals surface area contributed by atoms with Gasteiger partial charge in [-0.3, -0.25) is 4.79 Å². The number of rotatable bonds is 4.